The molecule has 0 aliphatic rings. The second kappa shape index (κ2) is 3.08. The summed E-state index contributed by atoms with van der Waals surface area (Å²) in [5, 5.41) is 0. The molecule has 0 spiro atoms. The molecule has 0 saturated heterocycles. The molecule has 0 radical (unpaired) electrons. The lowest BCUT2D eigenvalue weighted by Gasteiger charge is -1.97. The number of halogens is 3. The van der Waals surface area contributed by atoms with E-state index in [2.05, 4.69) is 57.8 Å². The maximum atomic E-state index is 4.14. The van der Waals surface area contributed by atoms with Gasteiger partial charge in [0.25, 0.3) is 0 Å². The lowest BCUT2D eigenvalue weighted by molar-refractivity contribution is 1.06. The number of nitrogens with zero attached hydrogens (tertiary/aromatic N) is 3. The Balaban J connectivity index is 2.92. The van der Waals surface area contributed by atoms with E-state index >= 15 is 0 Å². The smallest absolute Gasteiger partial charge is 0.171 e. The van der Waals surface area contributed by atoms with Crippen LogP contribution in [-0.4, -0.2) is 14.4 Å². The average Bonchev–Trinajstić information content (AvgIpc) is 2.33. The summed E-state index contributed by atoms with van der Waals surface area (Å²) in [6.07, 6.45) is 3.57. The van der Waals surface area contributed by atoms with Crippen molar-refractivity contribution in [2.75, 3.05) is 0 Å². The fourth-order valence-corrected chi connectivity index (χ4v) is 2.37. The van der Waals surface area contributed by atoms with E-state index in [1.54, 1.807) is 6.20 Å². The van der Waals surface area contributed by atoms with Gasteiger partial charge in [-0.15, -0.1) is 0 Å². The number of aromatic nitrogens is 3. The SMILES string of the molecule is Brc1cn2c(Br)cnc2c(Br)n1. The van der Waals surface area contributed by atoms with E-state index in [-0.39, 0.29) is 0 Å². The molecule has 0 amide bonds. The van der Waals surface area contributed by atoms with Crippen LogP contribution in [0.25, 0.3) is 5.65 Å². The summed E-state index contributed by atoms with van der Waals surface area (Å²) < 4.78 is 4.28. The molecule has 2 heterocycles. The largest absolute Gasteiger partial charge is 0.289 e. The van der Waals surface area contributed by atoms with E-state index in [1.165, 1.54) is 0 Å². The number of rotatable bonds is 0. The quantitative estimate of drug-likeness (QED) is 0.727. The predicted molar refractivity (Wildman–Crippen MR) is 56.1 cm³/mol. The van der Waals surface area contributed by atoms with Gasteiger partial charge in [0.15, 0.2) is 10.3 Å². The summed E-state index contributed by atoms with van der Waals surface area (Å²) in [6.45, 7) is 0. The van der Waals surface area contributed by atoms with Crippen molar-refractivity contribution in [3.63, 3.8) is 0 Å². The number of fused-ring (bicyclic) bond motifs is 1. The molecule has 2 aromatic heterocycles. The first-order valence-corrected chi connectivity index (χ1v) is 5.41. The van der Waals surface area contributed by atoms with Gasteiger partial charge in [0, 0.05) is 6.20 Å². The molecule has 0 saturated carbocycles. The highest BCUT2D eigenvalue weighted by Gasteiger charge is 2.05. The normalized spacial score (nSPS) is 10.9. The predicted octanol–water partition coefficient (Wildman–Crippen LogP) is 3.02. The summed E-state index contributed by atoms with van der Waals surface area (Å²) in [7, 11) is 0. The van der Waals surface area contributed by atoms with Crippen molar-refractivity contribution in [1.82, 2.24) is 14.4 Å². The fraction of sp³-hybridized carbons (Fsp3) is 0. The Kier molecular flexibility index (Phi) is 2.22. The number of imidazole rings is 1. The van der Waals surface area contributed by atoms with E-state index < -0.39 is 0 Å². The minimum Gasteiger partial charge on any atom is -0.289 e. The molecule has 0 unspecified atom stereocenters. The molecule has 0 atom stereocenters. The maximum absolute atomic E-state index is 4.14. The van der Waals surface area contributed by atoms with Gasteiger partial charge in [-0.05, 0) is 47.8 Å². The summed E-state index contributed by atoms with van der Waals surface area (Å²) in [4.78, 5) is 8.29. The Bertz CT molecular complexity index is 437. The van der Waals surface area contributed by atoms with Crippen molar-refractivity contribution < 1.29 is 0 Å². The molecule has 0 bridgehead atoms. The van der Waals surface area contributed by atoms with Crippen LogP contribution in [0.15, 0.2) is 26.2 Å². The molecular formula is C6H2Br3N3. The van der Waals surface area contributed by atoms with E-state index in [0.29, 0.717) is 0 Å². The van der Waals surface area contributed by atoms with Crippen LogP contribution >= 0.6 is 47.8 Å². The van der Waals surface area contributed by atoms with E-state index in [1.807, 2.05) is 10.6 Å². The molecule has 2 rings (SSSR count). The zero-order valence-corrected chi connectivity index (χ0v) is 10.4. The Morgan fingerprint density at radius 2 is 2.00 bits per heavy atom. The van der Waals surface area contributed by atoms with Gasteiger partial charge in [-0.25, -0.2) is 9.97 Å². The Morgan fingerprint density at radius 1 is 1.25 bits per heavy atom. The third-order valence-electron chi connectivity index (χ3n) is 1.38. The lowest BCUT2D eigenvalue weighted by Crippen LogP contribution is -1.89. The monoisotopic (exact) mass is 353 g/mol. The highest BCUT2D eigenvalue weighted by molar-refractivity contribution is 9.11. The minimum atomic E-state index is 0.725. The topological polar surface area (TPSA) is 30.2 Å². The van der Waals surface area contributed by atoms with E-state index in [4.69, 9.17) is 0 Å². The van der Waals surface area contributed by atoms with Gasteiger partial charge in [-0.1, -0.05) is 0 Å². The van der Waals surface area contributed by atoms with Crippen molar-refractivity contribution in [3.05, 3.63) is 26.2 Å². The van der Waals surface area contributed by atoms with Crippen molar-refractivity contribution in [3.8, 4) is 0 Å². The van der Waals surface area contributed by atoms with Crippen molar-refractivity contribution >= 4 is 53.4 Å². The van der Waals surface area contributed by atoms with Gasteiger partial charge in [0.2, 0.25) is 0 Å². The number of hydrogen-bond acceptors (Lipinski definition) is 2. The first-order valence-electron chi connectivity index (χ1n) is 3.03. The van der Waals surface area contributed by atoms with Crippen molar-refractivity contribution in [2.24, 2.45) is 0 Å². The summed E-state index contributed by atoms with van der Waals surface area (Å²) in [5.41, 5.74) is 0.796. The number of hydrogen-bond donors (Lipinski definition) is 0. The molecule has 0 N–H and O–H groups in total. The summed E-state index contributed by atoms with van der Waals surface area (Å²) in [6, 6.07) is 0. The molecule has 2 aromatic rings. The fourth-order valence-electron chi connectivity index (χ4n) is 0.895. The molecular weight excluding hydrogens is 354 g/mol. The first-order chi connectivity index (χ1) is 5.68. The van der Waals surface area contributed by atoms with Crippen LogP contribution in [-0.2, 0) is 0 Å². The average molecular weight is 356 g/mol. The molecule has 0 aliphatic heterocycles. The van der Waals surface area contributed by atoms with Crippen LogP contribution in [0.2, 0.25) is 0 Å². The molecule has 0 aromatic carbocycles. The van der Waals surface area contributed by atoms with E-state index in [0.717, 1.165) is 19.5 Å². The highest BCUT2D eigenvalue weighted by Crippen LogP contribution is 2.21. The molecule has 3 nitrogen and oxygen atoms in total. The van der Waals surface area contributed by atoms with Crippen LogP contribution in [0.3, 0.4) is 0 Å². The van der Waals surface area contributed by atoms with Gasteiger partial charge in [-0.2, -0.15) is 0 Å². The zero-order chi connectivity index (χ0) is 8.72. The van der Waals surface area contributed by atoms with Crippen molar-refractivity contribution in [2.45, 2.75) is 0 Å². The van der Waals surface area contributed by atoms with Crippen LogP contribution in [0, 0.1) is 0 Å². The van der Waals surface area contributed by atoms with Crippen LogP contribution < -0.4 is 0 Å². The minimum absolute atomic E-state index is 0.725. The van der Waals surface area contributed by atoms with Gasteiger partial charge in [-0.3, -0.25) is 4.40 Å². The maximum Gasteiger partial charge on any atom is 0.171 e. The molecule has 12 heavy (non-hydrogen) atoms. The molecule has 0 aliphatic carbocycles. The zero-order valence-electron chi connectivity index (χ0n) is 5.63. The summed E-state index contributed by atoms with van der Waals surface area (Å²) >= 11 is 9.97. The second-order valence-electron chi connectivity index (χ2n) is 2.13. The third kappa shape index (κ3) is 1.31. The van der Waals surface area contributed by atoms with Gasteiger partial charge >= 0.3 is 0 Å². The third-order valence-corrected chi connectivity index (χ3v) is 2.88. The van der Waals surface area contributed by atoms with E-state index in [9.17, 15) is 0 Å². The van der Waals surface area contributed by atoms with Crippen LogP contribution in [0.5, 0.6) is 0 Å². The Hall–Kier alpha value is 0.0600. The van der Waals surface area contributed by atoms with Gasteiger partial charge < -0.3 is 0 Å². The summed E-state index contributed by atoms with van der Waals surface area (Å²) in [5.74, 6) is 0. The Labute approximate surface area is 93.6 Å². The van der Waals surface area contributed by atoms with Gasteiger partial charge in [0.05, 0.1) is 6.20 Å². The highest BCUT2D eigenvalue weighted by atomic mass is 79.9. The Morgan fingerprint density at radius 3 is 2.75 bits per heavy atom. The van der Waals surface area contributed by atoms with Crippen molar-refractivity contribution in [1.29, 1.82) is 0 Å². The lowest BCUT2D eigenvalue weighted by atomic mass is 10.7. The molecule has 6 heteroatoms. The standard InChI is InChI=1S/C6H2Br3N3/c7-3-2-12-4(8)1-10-6(12)5(9)11-3/h1-2H. The molecule has 62 valence electrons. The first kappa shape index (κ1) is 8.65. The van der Waals surface area contributed by atoms with Crippen LogP contribution in [0.4, 0.5) is 0 Å². The second-order valence-corrected chi connectivity index (χ2v) is 4.51. The van der Waals surface area contributed by atoms with Crippen LogP contribution in [0.1, 0.15) is 0 Å². The van der Waals surface area contributed by atoms with Gasteiger partial charge in [0.1, 0.15) is 9.21 Å². The molecule has 0 fully saturated rings.